The Morgan fingerprint density at radius 1 is 1.43 bits per heavy atom. The summed E-state index contributed by atoms with van der Waals surface area (Å²) in [6.07, 6.45) is 8.26. The number of fused-ring (bicyclic) bond motifs is 1. The van der Waals surface area contributed by atoms with Gasteiger partial charge in [-0.2, -0.15) is 0 Å². The largest absolute Gasteiger partial charge is 0.264 e. The van der Waals surface area contributed by atoms with E-state index in [1.54, 1.807) is 30.4 Å². The highest BCUT2D eigenvalue weighted by molar-refractivity contribution is 8.03. The molecule has 1 aliphatic rings. The Morgan fingerprint density at radius 3 is 3.29 bits per heavy atom. The molecule has 0 atom stereocenters. The summed E-state index contributed by atoms with van der Waals surface area (Å²) >= 11 is 1.56. The first-order valence-electron chi connectivity index (χ1n) is 4.35. The number of hydrogen-bond donors (Lipinski definition) is 0. The fourth-order valence-corrected chi connectivity index (χ4v) is 1.95. The molecule has 0 N–H and O–H groups in total. The van der Waals surface area contributed by atoms with Crippen LogP contribution >= 0.6 is 11.8 Å². The zero-order valence-electron chi connectivity index (χ0n) is 7.68. The Morgan fingerprint density at radius 2 is 2.36 bits per heavy atom. The van der Waals surface area contributed by atoms with Gasteiger partial charge in [0.2, 0.25) is 0 Å². The van der Waals surface area contributed by atoms with Crippen molar-refractivity contribution in [3.63, 3.8) is 0 Å². The van der Waals surface area contributed by atoms with Gasteiger partial charge in [0.05, 0.1) is 0 Å². The Labute approximate surface area is 87.5 Å². The lowest BCUT2D eigenvalue weighted by atomic mass is 10.2. The van der Waals surface area contributed by atoms with Crippen molar-refractivity contribution in [2.24, 2.45) is 4.99 Å². The van der Waals surface area contributed by atoms with Gasteiger partial charge in [0, 0.05) is 23.5 Å². The van der Waals surface area contributed by atoms with Crippen LogP contribution in [0.4, 0.5) is 0 Å². The predicted octanol–water partition coefficient (Wildman–Crippen LogP) is 2.83. The van der Waals surface area contributed by atoms with Crippen LogP contribution in [0.15, 0.2) is 52.1 Å². The summed E-state index contributed by atoms with van der Waals surface area (Å²) in [7, 11) is 0. The number of allylic oxidation sites excluding steroid dienone is 2. The second-order valence-electron chi connectivity index (χ2n) is 2.90. The van der Waals surface area contributed by atoms with Crippen LogP contribution in [-0.4, -0.2) is 11.2 Å². The highest BCUT2D eigenvalue weighted by atomic mass is 32.2. The minimum absolute atomic E-state index is 0.876. The van der Waals surface area contributed by atoms with E-state index in [0.29, 0.717) is 0 Å². The summed E-state index contributed by atoms with van der Waals surface area (Å²) in [4.78, 5) is 9.33. The van der Waals surface area contributed by atoms with Gasteiger partial charge in [0.25, 0.3) is 0 Å². The number of aliphatic imine (C=N–C) groups is 1. The van der Waals surface area contributed by atoms with Gasteiger partial charge >= 0.3 is 0 Å². The van der Waals surface area contributed by atoms with Crippen LogP contribution in [0, 0.1) is 0 Å². The van der Waals surface area contributed by atoms with Crippen molar-refractivity contribution < 1.29 is 0 Å². The van der Waals surface area contributed by atoms with E-state index in [0.717, 1.165) is 16.4 Å². The molecule has 0 saturated carbocycles. The molecular formula is C11H10N2S. The van der Waals surface area contributed by atoms with Gasteiger partial charge in [-0.05, 0) is 18.1 Å². The van der Waals surface area contributed by atoms with E-state index in [9.17, 15) is 0 Å². The minimum atomic E-state index is 0.876. The van der Waals surface area contributed by atoms with E-state index in [4.69, 9.17) is 0 Å². The second-order valence-corrected chi connectivity index (χ2v) is 4.02. The molecule has 0 amide bonds. The molecule has 0 aliphatic carbocycles. The predicted molar refractivity (Wildman–Crippen MR) is 60.6 cm³/mol. The fraction of sp³-hybridized carbons (Fsp3) is 0.0909. The first kappa shape index (κ1) is 9.21. The van der Waals surface area contributed by atoms with E-state index in [2.05, 4.69) is 22.6 Å². The molecule has 0 spiro atoms. The smallest absolute Gasteiger partial charge is 0.104 e. The molecule has 70 valence electrons. The molecular weight excluding hydrogens is 192 g/mol. The molecule has 0 unspecified atom stereocenters. The first-order valence-corrected chi connectivity index (χ1v) is 5.17. The molecule has 0 bridgehead atoms. The summed E-state index contributed by atoms with van der Waals surface area (Å²) in [5, 5.41) is 1.02. The molecule has 1 aromatic rings. The molecule has 14 heavy (non-hydrogen) atoms. The molecule has 1 aliphatic heterocycles. The van der Waals surface area contributed by atoms with Gasteiger partial charge in [-0.3, -0.25) is 4.99 Å². The Bertz CT molecular complexity index is 408. The number of rotatable bonds is 0. The fourth-order valence-electron chi connectivity index (χ4n) is 1.19. The SMILES string of the molecule is C=C1/C=N\C=C/Cc2cccnc2S1. The lowest BCUT2D eigenvalue weighted by Crippen LogP contribution is -1.89. The van der Waals surface area contributed by atoms with Crippen LogP contribution in [-0.2, 0) is 6.42 Å². The third-order valence-corrected chi connectivity index (χ3v) is 2.75. The van der Waals surface area contributed by atoms with E-state index in [-0.39, 0.29) is 0 Å². The summed E-state index contributed by atoms with van der Waals surface area (Å²) in [5.41, 5.74) is 1.22. The van der Waals surface area contributed by atoms with Gasteiger partial charge < -0.3 is 0 Å². The van der Waals surface area contributed by atoms with Gasteiger partial charge in [-0.1, -0.05) is 30.5 Å². The van der Waals surface area contributed by atoms with Crippen LogP contribution in [0.2, 0.25) is 0 Å². The Hall–Kier alpha value is -1.35. The lowest BCUT2D eigenvalue weighted by Gasteiger charge is -2.03. The maximum absolute atomic E-state index is 4.32. The summed E-state index contributed by atoms with van der Waals surface area (Å²) in [6.45, 7) is 3.90. The average molecular weight is 202 g/mol. The molecule has 2 heterocycles. The highest BCUT2D eigenvalue weighted by Gasteiger charge is 2.04. The number of thioether (sulfide) groups is 1. The molecule has 0 fully saturated rings. The van der Waals surface area contributed by atoms with Crippen LogP contribution in [0.1, 0.15) is 5.56 Å². The molecule has 0 saturated heterocycles. The van der Waals surface area contributed by atoms with Gasteiger partial charge in [0.1, 0.15) is 5.03 Å². The third-order valence-electron chi connectivity index (χ3n) is 1.83. The van der Waals surface area contributed by atoms with Crippen LogP contribution in [0.3, 0.4) is 0 Å². The quantitative estimate of drug-likeness (QED) is 0.646. The summed E-state index contributed by atoms with van der Waals surface area (Å²) in [5.74, 6) is 0. The van der Waals surface area contributed by atoms with Gasteiger partial charge in [-0.25, -0.2) is 4.98 Å². The number of aromatic nitrogens is 1. The van der Waals surface area contributed by atoms with Gasteiger partial charge in [-0.15, -0.1) is 0 Å². The zero-order chi connectivity index (χ0) is 9.80. The van der Waals surface area contributed by atoms with Crippen molar-refractivity contribution >= 4 is 18.0 Å². The number of pyridine rings is 1. The van der Waals surface area contributed by atoms with E-state index >= 15 is 0 Å². The van der Waals surface area contributed by atoms with E-state index in [1.807, 2.05) is 12.1 Å². The summed E-state index contributed by atoms with van der Waals surface area (Å²) in [6, 6.07) is 4.03. The lowest BCUT2D eigenvalue weighted by molar-refractivity contribution is 1.04. The normalized spacial score (nSPS) is 20.1. The third kappa shape index (κ3) is 2.12. The minimum Gasteiger partial charge on any atom is -0.264 e. The zero-order valence-corrected chi connectivity index (χ0v) is 8.50. The number of nitrogens with zero attached hydrogens (tertiary/aromatic N) is 2. The second kappa shape index (κ2) is 4.24. The summed E-state index contributed by atoms with van der Waals surface area (Å²) < 4.78 is 0. The maximum Gasteiger partial charge on any atom is 0.104 e. The molecule has 3 heteroatoms. The Kier molecular flexibility index (Phi) is 2.79. The maximum atomic E-state index is 4.32. The van der Waals surface area contributed by atoms with Crippen molar-refractivity contribution in [3.8, 4) is 0 Å². The molecule has 2 rings (SSSR count). The van der Waals surface area contributed by atoms with Crippen molar-refractivity contribution in [3.05, 3.63) is 47.7 Å². The molecule has 0 radical (unpaired) electrons. The molecule has 2 nitrogen and oxygen atoms in total. The van der Waals surface area contributed by atoms with E-state index in [1.165, 1.54) is 5.56 Å². The molecule has 1 aromatic heterocycles. The van der Waals surface area contributed by atoms with E-state index < -0.39 is 0 Å². The van der Waals surface area contributed by atoms with Gasteiger partial charge in [0.15, 0.2) is 0 Å². The topological polar surface area (TPSA) is 25.2 Å². The standard InChI is InChI=1S/C11H10N2S/c1-9-8-12-6-2-4-10-5-3-7-13-11(10)14-9/h2-3,5-8H,1,4H2/b6-2-,12-8-. The van der Waals surface area contributed by atoms with Crippen molar-refractivity contribution in [2.75, 3.05) is 0 Å². The van der Waals surface area contributed by atoms with Crippen molar-refractivity contribution in [2.45, 2.75) is 11.4 Å². The van der Waals surface area contributed by atoms with Crippen LogP contribution in [0.5, 0.6) is 0 Å². The average Bonchev–Trinajstić information content (AvgIpc) is 2.27. The van der Waals surface area contributed by atoms with Crippen molar-refractivity contribution in [1.29, 1.82) is 0 Å². The Balaban J connectivity index is 2.39. The van der Waals surface area contributed by atoms with Crippen LogP contribution < -0.4 is 0 Å². The number of hydrogen-bond acceptors (Lipinski definition) is 3. The van der Waals surface area contributed by atoms with Crippen molar-refractivity contribution in [1.82, 2.24) is 4.98 Å². The van der Waals surface area contributed by atoms with Crippen LogP contribution in [0.25, 0.3) is 0 Å². The monoisotopic (exact) mass is 202 g/mol. The molecule has 0 aromatic carbocycles. The first-order chi connectivity index (χ1) is 6.86. The highest BCUT2D eigenvalue weighted by Crippen LogP contribution is 2.26.